The van der Waals surface area contributed by atoms with E-state index in [1.165, 1.54) is 27.1 Å². The number of anilines is 3. The van der Waals surface area contributed by atoms with Crippen LogP contribution >= 0.6 is 0 Å². The van der Waals surface area contributed by atoms with Crippen LogP contribution in [0.25, 0.3) is 0 Å². The highest BCUT2D eigenvalue weighted by molar-refractivity contribution is 7.89. The van der Waals surface area contributed by atoms with Crippen molar-refractivity contribution < 1.29 is 18.0 Å². The van der Waals surface area contributed by atoms with Crippen LogP contribution in [0.2, 0.25) is 0 Å². The molecule has 1 saturated heterocycles. The van der Waals surface area contributed by atoms with Crippen molar-refractivity contribution in [3.63, 3.8) is 0 Å². The fourth-order valence-corrected chi connectivity index (χ4v) is 4.45. The molecule has 0 unspecified atom stereocenters. The van der Waals surface area contributed by atoms with Gasteiger partial charge in [0, 0.05) is 51.2 Å². The zero-order valence-electron chi connectivity index (χ0n) is 18.2. The van der Waals surface area contributed by atoms with Crippen LogP contribution in [0.1, 0.15) is 35.7 Å². The Morgan fingerprint density at radius 1 is 1.00 bits per heavy atom. The van der Waals surface area contributed by atoms with Crippen LogP contribution < -0.4 is 15.5 Å². The van der Waals surface area contributed by atoms with E-state index in [1.807, 2.05) is 6.92 Å². The number of nitrogens with one attached hydrogen (secondary N) is 2. The first-order chi connectivity index (χ1) is 14.6. The average Bonchev–Trinajstić information content (AvgIpc) is 3.24. The van der Waals surface area contributed by atoms with E-state index in [2.05, 4.69) is 15.5 Å². The molecule has 1 heterocycles. The van der Waals surface area contributed by atoms with Crippen LogP contribution in [-0.4, -0.2) is 51.7 Å². The van der Waals surface area contributed by atoms with Gasteiger partial charge in [-0.2, -0.15) is 0 Å². The first-order valence-electron chi connectivity index (χ1n) is 10.1. The second-order valence-corrected chi connectivity index (χ2v) is 9.98. The molecule has 0 radical (unpaired) electrons. The number of benzene rings is 2. The van der Waals surface area contributed by atoms with Crippen molar-refractivity contribution in [2.75, 3.05) is 42.7 Å². The summed E-state index contributed by atoms with van der Waals surface area (Å²) in [4.78, 5) is 26.8. The summed E-state index contributed by atoms with van der Waals surface area (Å²) in [6.45, 7) is 4.91. The second-order valence-electron chi connectivity index (χ2n) is 7.83. The third-order valence-electron chi connectivity index (χ3n) is 5.24. The van der Waals surface area contributed by atoms with Gasteiger partial charge in [-0.1, -0.05) is 6.07 Å². The number of sulfonamides is 1. The Morgan fingerprint density at radius 3 is 2.29 bits per heavy atom. The number of carbonyl (C=O) groups is 2. The van der Waals surface area contributed by atoms with Crippen molar-refractivity contribution in [2.24, 2.45) is 0 Å². The van der Waals surface area contributed by atoms with Gasteiger partial charge in [0.25, 0.3) is 5.91 Å². The minimum Gasteiger partial charge on any atom is -0.371 e. The third kappa shape index (κ3) is 5.05. The van der Waals surface area contributed by atoms with Crippen LogP contribution in [0.15, 0.2) is 41.3 Å². The van der Waals surface area contributed by atoms with Crippen LogP contribution in [0, 0.1) is 6.92 Å². The molecule has 0 aromatic heterocycles. The molecule has 0 saturated carbocycles. The fraction of sp³-hybridized carbons (Fsp3) is 0.364. The predicted molar refractivity (Wildman–Crippen MR) is 122 cm³/mol. The van der Waals surface area contributed by atoms with Gasteiger partial charge in [-0.15, -0.1) is 0 Å². The Bertz CT molecular complexity index is 1110. The molecule has 9 heteroatoms. The molecule has 1 fully saturated rings. The normalized spacial score (nSPS) is 14.0. The van der Waals surface area contributed by atoms with Gasteiger partial charge in [0.15, 0.2) is 0 Å². The molecule has 0 bridgehead atoms. The Hall–Kier alpha value is -2.91. The van der Waals surface area contributed by atoms with Gasteiger partial charge < -0.3 is 15.5 Å². The number of rotatable bonds is 6. The Balaban J connectivity index is 1.99. The first kappa shape index (κ1) is 22.8. The summed E-state index contributed by atoms with van der Waals surface area (Å²) in [5.74, 6) is -0.611. The summed E-state index contributed by atoms with van der Waals surface area (Å²) < 4.78 is 26.4. The summed E-state index contributed by atoms with van der Waals surface area (Å²) in [5, 5.41) is 5.59. The molecule has 2 amide bonds. The monoisotopic (exact) mass is 444 g/mol. The van der Waals surface area contributed by atoms with E-state index >= 15 is 0 Å². The third-order valence-corrected chi connectivity index (χ3v) is 7.06. The van der Waals surface area contributed by atoms with Crippen LogP contribution in [-0.2, 0) is 14.8 Å². The van der Waals surface area contributed by atoms with Gasteiger partial charge in [-0.25, -0.2) is 12.7 Å². The molecule has 2 aromatic carbocycles. The lowest BCUT2D eigenvalue weighted by Crippen LogP contribution is -2.25. The van der Waals surface area contributed by atoms with Gasteiger partial charge in [0.2, 0.25) is 15.9 Å². The SMILES string of the molecule is CC(=O)Nc1cc(NC(=O)c2cc(S(=O)(=O)N(C)C)ccc2N2CCCC2)ccc1C. The highest BCUT2D eigenvalue weighted by atomic mass is 32.2. The van der Waals surface area contributed by atoms with Gasteiger partial charge in [-0.05, 0) is 55.7 Å². The van der Waals surface area contributed by atoms with Crippen molar-refractivity contribution in [2.45, 2.75) is 31.6 Å². The van der Waals surface area contributed by atoms with E-state index in [9.17, 15) is 18.0 Å². The number of hydrogen-bond donors (Lipinski definition) is 2. The molecule has 0 spiro atoms. The summed E-state index contributed by atoms with van der Waals surface area (Å²) in [6.07, 6.45) is 2.05. The molecule has 8 nitrogen and oxygen atoms in total. The quantitative estimate of drug-likeness (QED) is 0.714. The standard InChI is InChI=1S/C22H28N4O4S/c1-15-7-8-17(13-20(15)23-16(2)27)24-22(28)19-14-18(31(29,30)25(3)4)9-10-21(19)26-11-5-6-12-26/h7-10,13-14H,5-6,11-12H2,1-4H3,(H,23,27)(H,24,28). The van der Waals surface area contributed by atoms with E-state index in [1.54, 1.807) is 30.3 Å². The van der Waals surface area contributed by atoms with Crippen LogP contribution in [0.3, 0.4) is 0 Å². The second kappa shape index (κ2) is 9.07. The van der Waals surface area contributed by atoms with Crippen molar-refractivity contribution in [3.05, 3.63) is 47.5 Å². The highest BCUT2D eigenvalue weighted by Crippen LogP contribution is 2.29. The Morgan fingerprint density at radius 2 is 1.68 bits per heavy atom. The number of aryl methyl sites for hydroxylation is 1. The van der Waals surface area contributed by atoms with Gasteiger partial charge in [0.05, 0.1) is 10.5 Å². The van der Waals surface area contributed by atoms with E-state index in [4.69, 9.17) is 0 Å². The number of hydrogen-bond acceptors (Lipinski definition) is 5. The maximum Gasteiger partial charge on any atom is 0.257 e. The van der Waals surface area contributed by atoms with E-state index in [-0.39, 0.29) is 10.8 Å². The fourth-order valence-electron chi connectivity index (χ4n) is 3.52. The molecule has 1 aliphatic heterocycles. The Labute approximate surface area is 183 Å². The molecule has 31 heavy (non-hydrogen) atoms. The molecule has 0 aliphatic carbocycles. The lowest BCUT2D eigenvalue weighted by molar-refractivity contribution is -0.114. The number of nitrogens with zero attached hydrogens (tertiary/aromatic N) is 2. The van der Waals surface area contributed by atoms with Gasteiger partial charge in [0.1, 0.15) is 0 Å². The highest BCUT2D eigenvalue weighted by Gasteiger charge is 2.24. The lowest BCUT2D eigenvalue weighted by Gasteiger charge is -2.22. The molecular formula is C22H28N4O4S. The minimum absolute atomic E-state index is 0.0634. The summed E-state index contributed by atoms with van der Waals surface area (Å²) in [7, 11) is -0.769. The largest absolute Gasteiger partial charge is 0.371 e. The van der Waals surface area contributed by atoms with Gasteiger partial charge >= 0.3 is 0 Å². The summed E-state index contributed by atoms with van der Waals surface area (Å²) in [5.41, 5.74) is 2.99. The molecule has 3 rings (SSSR count). The summed E-state index contributed by atoms with van der Waals surface area (Å²) >= 11 is 0. The van der Waals surface area contributed by atoms with Crippen molar-refractivity contribution in [3.8, 4) is 0 Å². The van der Waals surface area contributed by atoms with E-state index in [0.29, 0.717) is 22.6 Å². The number of amides is 2. The Kier molecular flexibility index (Phi) is 6.66. The van der Waals surface area contributed by atoms with Crippen molar-refractivity contribution >= 4 is 38.9 Å². The maximum atomic E-state index is 13.2. The molecular weight excluding hydrogens is 416 g/mol. The predicted octanol–water partition coefficient (Wildman–Crippen LogP) is 3.06. The van der Waals surface area contributed by atoms with Crippen molar-refractivity contribution in [1.82, 2.24) is 4.31 Å². The topological polar surface area (TPSA) is 98.8 Å². The molecule has 1 aliphatic rings. The van der Waals surface area contributed by atoms with E-state index < -0.39 is 15.9 Å². The summed E-state index contributed by atoms with van der Waals surface area (Å²) in [6, 6.07) is 9.91. The maximum absolute atomic E-state index is 13.2. The van der Waals surface area contributed by atoms with E-state index in [0.717, 1.165) is 35.8 Å². The average molecular weight is 445 g/mol. The van der Waals surface area contributed by atoms with Crippen LogP contribution in [0.4, 0.5) is 17.1 Å². The van der Waals surface area contributed by atoms with Crippen LogP contribution in [0.5, 0.6) is 0 Å². The molecule has 166 valence electrons. The minimum atomic E-state index is -3.68. The first-order valence-corrected chi connectivity index (χ1v) is 11.5. The number of carbonyl (C=O) groups excluding carboxylic acids is 2. The zero-order chi connectivity index (χ0) is 22.8. The molecule has 2 aromatic rings. The van der Waals surface area contributed by atoms with Crippen molar-refractivity contribution in [1.29, 1.82) is 0 Å². The van der Waals surface area contributed by atoms with Gasteiger partial charge in [-0.3, -0.25) is 9.59 Å². The zero-order valence-corrected chi connectivity index (χ0v) is 19.0. The molecule has 0 atom stereocenters. The lowest BCUT2D eigenvalue weighted by atomic mass is 10.1. The molecule has 2 N–H and O–H groups in total. The smallest absolute Gasteiger partial charge is 0.257 e.